The minimum Gasteiger partial charge on any atom is -0.352 e. The third-order valence-corrected chi connectivity index (χ3v) is 2.49. The standard InChI is InChI=1S/C11H14N2/c1-3-7-13-8-9(2)10-5-4-6-12-11(10)13/h3-6,9H,1,7-8H2,2H3. The number of rotatable bonds is 2. The van der Waals surface area contributed by atoms with Crippen LogP contribution in [0, 0.1) is 0 Å². The van der Waals surface area contributed by atoms with Crippen molar-refractivity contribution >= 4 is 5.82 Å². The van der Waals surface area contributed by atoms with Crippen LogP contribution in [0.1, 0.15) is 18.4 Å². The summed E-state index contributed by atoms with van der Waals surface area (Å²) in [5.74, 6) is 1.73. The highest BCUT2D eigenvalue weighted by Crippen LogP contribution is 2.33. The van der Waals surface area contributed by atoms with Crippen molar-refractivity contribution < 1.29 is 0 Å². The molecule has 68 valence electrons. The Kier molecular flexibility index (Phi) is 2.05. The molecule has 0 amide bonds. The molecule has 0 aliphatic carbocycles. The van der Waals surface area contributed by atoms with Crippen LogP contribution in [0.5, 0.6) is 0 Å². The van der Waals surface area contributed by atoms with E-state index in [2.05, 4.69) is 29.5 Å². The van der Waals surface area contributed by atoms with Gasteiger partial charge in [0.15, 0.2) is 0 Å². The van der Waals surface area contributed by atoms with Crippen molar-refractivity contribution in [1.82, 2.24) is 4.98 Å². The fourth-order valence-corrected chi connectivity index (χ4v) is 1.89. The molecule has 1 unspecified atom stereocenters. The van der Waals surface area contributed by atoms with Gasteiger partial charge in [0.05, 0.1) is 0 Å². The van der Waals surface area contributed by atoms with Crippen molar-refractivity contribution in [1.29, 1.82) is 0 Å². The summed E-state index contributed by atoms with van der Waals surface area (Å²) < 4.78 is 0. The smallest absolute Gasteiger partial charge is 0.132 e. The molecule has 1 aliphatic heterocycles. The Morgan fingerprint density at radius 1 is 1.77 bits per heavy atom. The van der Waals surface area contributed by atoms with Crippen LogP contribution >= 0.6 is 0 Å². The summed E-state index contributed by atoms with van der Waals surface area (Å²) in [6, 6.07) is 4.17. The fourth-order valence-electron chi connectivity index (χ4n) is 1.89. The predicted octanol–water partition coefficient (Wildman–Crippen LogP) is 2.19. The molecule has 2 rings (SSSR count). The molecule has 0 fully saturated rings. The van der Waals surface area contributed by atoms with Gasteiger partial charge in [0.2, 0.25) is 0 Å². The lowest BCUT2D eigenvalue weighted by Crippen LogP contribution is -2.21. The van der Waals surface area contributed by atoms with E-state index in [1.54, 1.807) is 0 Å². The molecule has 2 heterocycles. The molecule has 0 saturated heterocycles. The van der Waals surface area contributed by atoms with E-state index in [0.29, 0.717) is 5.92 Å². The lowest BCUT2D eigenvalue weighted by Gasteiger charge is -2.15. The average Bonchev–Trinajstić information content (AvgIpc) is 2.46. The highest BCUT2D eigenvalue weighted by Gasteiger charge is 2.24. The molecule has 13 heavy (non-hydrogen) atoms. The third kappa shape index (κ3) is 1.32. The number of pyridine rings is 1. The van der Waals surface area contributed by atoms with Gasteiger partial charge >= 0.3 is 0 Å². The average molecular weight is 174 g/mol. The van der Waals surface area contributed by atoms with Crippen molar-refractivity contribution in [2.24, 2.45) is 0 Å². The van der Waals surface area contributed by atoms with E-state index in [0.717, 1.165) is 18.9 Å². The molecular formula is C11H14N2. The monoisotopic (exact) mass is 174 g/mol. The quantitative estimate of drug-likeness (QED) is 0.639. The van der Waals surface area contributed by atoms with Gasteiger partial charge in [0.25, 0.3) is 0 Å². The molecule has 2 heteroatoms. The highest BCUT2D eigenvalue weighted by atomic mass is 15.2. The van der Waals surface area contributed by atoms with E-state index in [-0.39, 0.29) is 0 Å². The summed E-state index contributed by atoms with van der Waals surface area (Å²) in [6.45, 7) is 7.96. The van der Waals surface area contributed by atoms with Gasteiger partial charge in [0, 0.05) is 25.2 Å². The lowest BCUT2D eigenvalue weighted by atomic mass is 10.1. The summed E-state index contributed by atoms with van der Waals surface area (Å²) in [6.07, 6.45) is 3.78. The Hall–Kier alpha value is -1.31. The van der Waals surface area contributed by atoms with Crippen molar-refractivity contribution in [3.05, 3.63) is 36.5 Å². The van der Waals surface area contributed by atoms with Crippen LogP contribution in [0.4, 0.5) is 5.82 Å². The van der Waals surface area contributed by atoms with Gasteiger partial charge in [-0.25, -0.2) is 4.98 Å². The molecular weight excluding hydrogens is 160 g/mol. The second-order valence-electron chi connectivity index (χ2n) is 3.51. The van der Waals surface area contributed by atoms with E-state index in [1.165, 1.54) is 5.56 Å². The highest BCUT2D eigenvalue weighted by molar-refractivity contribution is 5.54. The maximum absolute atomic E-state index is 4.39. The summed E-state index contributed by atoms with van der Waals surface area (Å²) in [7, 11) is 0. The zero-order chi connectivity index (χ0) is 9.26. The van der Waals surface area contributed by atoms with Gasteiger partial charge in [-0.3, -0.25) is 0 Å². The molecule has 2 nitrogen and oxygen atoms in total. The molecule has 1 atom stereocenters. The fraction of sp³-hybridized carbons (Fsp3) is 0.364. The number of fused-ring (bicyclic) bond motifs is 1. The van der Waals surface area contributed by atoms with E-state index in [4.69, 9.17) is 0 Å². The van der Waals surface area contributed by atoms with Crippen molar-refractivity contribution in [2.75, 3.05) is 18.0 Å². The second kappa shape index (κ2) is 3.21. The largest absolute Gasteiger partial charge is 0.352 e. The van der Waals surface area contributed by atoms with E-state index in [9.17, 15) is 0 Å². The van der Waals surface area contributed by atoms with Crippen LogP contribution in [0.2, 0.25) is 0 Å². The normalized spacial score (nSPS) is 20.1. The summed E-state index contributed by atoms with van der Waals surface area (Å²) in [5, 5.41) is 0. The molecule has 1 aromatic rings. The number of nitrogens with zero attached hydrogens (tertiary/aromatic N) is 2. The Bertz CT molecular complexity index is 320. The topological polar surface area (TPSA) is 16.1 Å². The molecule has 0 N–H and O–H groups in total. The van der Waals surface area contributed by atoms with Gasteiger partial charge in [-0.15, -0.1) is 6.58 Å². The van der Waals surface area contributed by atoms with Gasteiger partial charge in [-0.05, 0) is 11.6 Å². The Morgan fingerprint density at radius 2 is 2.62 bits per heavy atom. The van der Waals surface area contributed by atoms with Crippen LogP contribution in [-0.2, 0) is 0 Å². The van der Waals surface area contributed by atoms with Crippen LogP contribution < -0.4 is 4.90 Å². The molecule has 0 spiro atoms. The first-order valence-electron chi connectivity index (χ1n) is 4.63. The van der Waals surface area contributed by atoms with Crippen LogP contribution in [0.25, 0.3) is 0 Å². The molecule has 0 bridgehead atoms. The van der Waals surface area contributed by atoms with Crippen LogP contribution in [-0.4, -0.2) is 18.1 Å². The summed E-state index contributed by atoms with van der Waals surface area (Å²) >= 11 is 0. The van der Waals surface area contributed by atoms with E-state index in [1.807, 2.05) is 18.3 Å². The summed E-state index contributed by atoms with van der Waals surface area (Å²) in [4.78, 5) is 6.66. The van der Waals surface area contributed by atoms with Gasteiger partial charge < -0.3 is 4.90 Å². The molecule has 0 saturated carbocycles. The SMILES string of the molecule is C=CCN1CC(C)c2cccnc21. The maximum atomic E-state index is 4.39. The van der Waals surface area contributed by atoms with Crippen LogP contribution in [0.3, 0.4) is 0 Å². The number of anilines is 1. The first-order valence-corrected chi connectivity index (χ1v) is 4.63. The Morgan fingerprint density at radius 3 is 3.38 bits per heavy atom. The number of hydrogen-bond donors (Lipinski definition) is 0. The van der Waals surface area contributed by atoms with Crippen molar-refractivity contribution in [3.8, 4) is 0 Å². The lowest BCUT2D eigenvalue weighted by molar-refractivity contribution is 0.775. The minimum absolute atomic E-state index is 0.601. The minimum atomic E-state index is 0.601. The zero-order valence-corrected chi connectivity index (χ0v) is 7.90. The molecule has 0 aromatic carbocycles. The molecule has 1 aliphatic rings. The number of aromatic nitrogens is 1. The van der Waals surface area contributed by atoms with Crippen molar-refractivity contribution in [3.63, 3.8) is 0 Å². The molecule has 1 aromatic heterocycles. The zero-order valence-electron chi connectivity index (χ0n) is 7.90. The molecule has 0 radical (unpaired) electrons. The number of hydrogen-bond acceptors (Lipinski definition) is 2. The van der Waals surface area contributed by atoms with Gasteiger partial charge in [0.1, 0.15) is 5.82 Å². The third-order valence-electron chi connectivity index (χ3n) is 2.49. The maximum Gasteiger partial charge on any atom is 0.132 e. The van der Waals surface area contributed by atoms with Crippen molar-refractivity contribution in [2.45, 2.75) is 12.8 Å². The van der Waals surface area contributed by atoms with Gasteiger partial charge in [-0.2, -0.15) is 0 Å². The first-order chi connectivity index (χ1) is 6.33. The van der Waals surface area contributed by atoms with E-state index < -0.39 is 0 Å². The van der Waals surface area contributed by atoms with Gasteiger partial charge in [-0.1, -0.05) is 19.1 Å². The Labute approximate surface area is 78.9 Å². The summed E-state index contributed by atoms with van der Waals surface area (Å²) in [5.41, 5.74) is 1.37. The predicted molar refractivity (Wildman–Crippen MR) is 55.1 cm³/mol. The van der Waals surface area contributed by atoms with Crippen LogP contribution in [0.15, 0.2) is 31.0 Å². The first kappa shape index (κ1) is 8.30. The van der Waals surface area contributed by atoms with E-state index >= 15 is 0 Å². The Balaban J connectivity index is 2.35. The second-order valence-corrected chi connectivity index (χ2v) is 3.51.